The summed E-state index contributed by atoms with van der Waals surface area (Å²) in [4.78, 5) is 26.3. The molecule has 1 N–H and O–H groups in total. The fourth-order valence-electron chi connectivity index (χ4n) is 4.30. The minimum absolute atomic E-state index is 0.314. The van der Waals surface area contributed by atoms with Crippen molar-refractivity contribution in [2.75, 3.05) is 0 Å². The second kappa shape index (κ2) is 10.4. The van der Waals surface area contributed by atoms with E-state index in [1.807, 2.05) is 54.6 Å². The summed E-state index contributed by atoms with van der Waals surface area (Å²) in [5.74, 6) is 0.219. The van der Waals surface area contributed by atoms with Crippen molar-refractivity contribution in [1.29, 1.82) is 0 Å². The zero-order chi connectivity index (χ0) is 24.9. The molecule has 0 spiro atoms. The Balaban J connectivity index is 1.45. The van der Waals surface area contributed by atoms with Crippen LogP contribution in [0.4, 0.5) is 0 Å². The lowest BCUT2D eigenvalue weighted by atomic mass is 9.98. The molecule has 0 saturated heterocycles. The van der Waals surface area contributed by atoms with Crippen molar-refractivity contribution in [2.24, 2.45) is 0 Å². The molecular weight excluding hydrogens is 452 g/mol. The number of carbonyl (C=O) groups excluding carboxylic acids is 1. The van der Waals surface area contributed by atoms with Crippen molar-refractivity contribution in [2.45, 2.75) is 32.7 Å². The molecule has 0 fully saturated rings. The summed E-state index contributed by atoms with van der Waals surface area (Å²) < 4.78 is 2.94. The van der Waals surface area contributed by atoms with E-state index in [0.717, 1.165) is 47.2 Å². The van der Waals surface area contributed by atoms with Crippen LogP contribution in [-0.4, -0.2) is 35.7 Å². The van der Waals surface area contributed by atoms with E-state index in [9.17, 15) is 9.59 Å². The first-order valence-electron chi connectivity index (χ1n) is 12.0. The standard InChI is InChI=1S/C28H26N6O2/c1-2-3-11-23-19-34(27(35)22-9-5-4-6-10-22)28(36)33(23)18-20-14-16-21(17-15-20)24-12-7-8-13-25(24)26-29-31-32-30-26/h4-10,12-17,19H,2-3,11,18H2,1H3,(H,29,30,31,32). The Kier molecular flexibility index (Phi) is 6.66. The fourth-order valence-corrected chi connectivity index (χ4v) is 4.30. The van der Waals surface area contributed by atoms with Crippen LogP contribution in [0.15, 0.2) is 89.9 Å². The van der Waals surface area contributed by atoms with E-state index in [1.54, 1.807) is 35.0 Å². The molecule has 0 aliphatic heterocycles. The van der Waals surface area contributed by atoms with Gasteiger partial charge in [0.25, 0.3) is 5.91 Å². The Morgan fingerprint density at radius 3 is 2.33 bits per heavy atom. The topological polar surface area (TPSA) is 98.5 Å². The second-order valence-electron chi connectivity index (χ2n) is 8.61. The highest BCUT2D eigenvalue weighted by molar-refractivity contribution is 5.95. The van der Waals surface area contributed by atoms with Crippen LogP contribution in [0, 0.1) is 0 Å². The Bertz CT molecular complexity index is 1520. The molecule has 0 aliphatic rings. The number of hydrogen-bond acceptors (Lipinski definition) is 5. The maximum absolute atomic E-state index is 13.3. The molecular formula is C28H26N6O2. The molecule has 2 aromatic heterocycles. The first-order chi connectivity index (χ1) is 17.7. The van der Waals surface area contributed by atoms with E-state index in [4.69, 9.17) is 0 Å². The van der Waals surface area contributed by atoms with Gasteiger partial charge in [0.2, 0.25) is 5.82 Å². The molecule has 8 heteroatoms. The number of aromatic nitrogens is 6. The first-order valence-corrected chi connectivity index (χ1v) is 12.0. The van der Waals surface area contributed by atoms with Gasteiger partial charge in [-0.15, -0.1) is 10.2 Å². The van der Waals surface area contributed by atoms with Crippen LogP contribution in [0.3, 0.4) is 0 Å². The third kappa shape index (κ3) is 4.65. The molecule has 36 heavy (non-hydrogen) atoms. The summed E-state index contributed by atoms with van der Waals surface area (Å²) in [6.45, 7) is 2.50. The van der Waals surface area contributed by atoms with Gasteiger partial charge in [-0.2, -0.15) is 5.21 Å². The quantitative estimate of drug-likeness (QED) is 0.352. The van der Waals surface area contributed by atoms with E-state index in [1.165, 1.54) is 4.57 Å². The van der Waals surface area contributed by atoms with Crippen molar-refractivity contribution in [1.82, 2.24) is 29.8 Å². The van der Waals surface area contributed by atoms with Gasteiger partial charge in [0, 0.05) is 23.0 Å². The van der Waals surface area contributed by atoms with Gasteiger partial charge in [0.15, 0.2) is 0 Å². The number of rotatable bonds is 8. The van der Waals surface area contributed by atoms with Crippen molar-refractivity contribution in [3.8, 4) is 22.5 Å². The number of nitrogens with one attached hydrogen (secondary N) is 1. The predicted molar refractivity (Wildman–Crippen MR) is 138 cm³/mol. The lowest BCUT2D eigenvalue weighted by molar-refractivity contribution is 0.0955. The largest absolute Gasteiger partial charge is 0.335 e. The molecule has 5 aromatic rings. The summed E-state index contributed by atoms with van der Waals surface area (Å²) in [5, 5.41) is 14.4. The van der Waals surface area contributed by atoms with Crippen molar-refractivity contribution in [3.63, 3.8) is 0 Å². The Morgan fingerprint density at radius 1 is 0.917 bits per heavy atom. The number of aryl methyl sites for hydroxylation is 1. The van der Waals surface area contributed by atoms with Crippen LogP contribution in [0.2, 0.25) is 0 Å². The van der Waals surface area contributed by atoms with E-state index in [-0.39, 0.29) is 11.6 Å². The highest BCUT2D eigenvalue weighted by Crippen LogP contribution is 2.29. The number of imidazole rings is 1. The number of H-pyrrole nitrogens is 1. The average Bonchev–Trinajstić information content (AvgIpc) is 3.57. The minimum Gasteiger partial charge on any atom is -0.292 e. The lowest BCUT2D eigenvalue weighted by Gasteiger charge is -2.10. The second-order valence-corrected chi connectivity index (χ2v) is 8.61. The maximum atomic E-state index is 13.3. The lowest BCUT2D eigenvalue weighted by Crippen LogP contribution is -2.30. The van der Waals surface area contributed by atoms with Crippen LogP contribution >= 0.6 is 0 Å². The number of unbranched alkanes of at least 4 members (excludes halogenated alkanes) is 1. The average molecular weight is 479 g/mol. The summed E-state index contributed by atoms with van der Waals surface area (Å²) in [6, 6.07) is 24.8. The molecule has 5 rings (SSSR count). The smallest absolute Gasteiger partial charge is 0.292 e. The van der Waals surface area contributed by atoms with Gasteiger partial charge < -0.3 is 0 Å². The van der Waals surface area contributed by atoms with Crippen LogP contribution in [0.25, 0.3) is 22.5 Å². The van der Waals surface area contributed by atoms with Gasteiger partial charge in [-0.3, -0.25) is 9.36 Å². The summed E-state index contributed by atoms with van der Waals surface area (Å²) in [6.07, 6.45) is 4.37. The highest BCUT2D eigenvalue weighted by atomic mass is 16.2. The van der Waals surface area contributed by atoms with Crippen molar-refractivity contribution >= 4 is 5.91 Å². The Hall–Kier alpha value is -4.59. The van der Waals surface area contributed by atoms with Gasteiger partial charge >= 0.3 is 5.69 Å². The predicted octanol–water partition coefficient (Wildman–Crippen LogP) is 4.58. The number of benzene rings is 3. The van der Waals surface area contributed by atoms with Gasteiger partial charge in [-0.25, -0.2) is 9.36 Å². The van der Waals surface area contributed by atoms with Crippen LogP contribution in [-0.2, 0) is 13.0 Å². The van der Waals surface area contributed by atoms with Crippen LogP contribution in [0.1, 0.15) is 41.4 Å². The SMILES string of the molecule is CCCCc1cn(C(=O)c2ccccc2)c(=O)n1Cc1ccc(-c2ccccc2-c2nn[nH]n2)cc1. The molecule has 180 valence electrons. The van der Waals surface area contributed by atoms with E-state index < -0.39 is 0 Å². The monoisotopic (exact) mass is 478 g/mol. The zero-order valence-electron chi connectivity index (χ0n) is 20.0. The van der Waals surface area contributed by atoms with Crippen molar-refractivity contribution < 1.29 is 4.79 Å². The summed E-state index contributed by atoms with van der Waals surface area (Å²) >= 11 is 0. The molecule has 8 nitrogen and oxygen atoms in total. The number of tetrazole rings is 1. The van der Waals surface area contributed by atoms with E-state index in [0.29, 0.717) is 17.9 Å². The Morgan fingerprint density at radius 2 is 1.64 bits per heavy atom. The van der Waals surface area contributed by atoms with E-state index in [2.05, 4.69) is 27.5 Å². The number of carbonyl (C=O) groups is 1. The van der Waals surface area contributed by atoms with Crippen LogP contribution < -0.4 is 5.69 Å². The van der Waals surface area contributed by atoms with Crippen molar-refractivity contribution in [3.05, 3.63) is 112 Å². The molecule has 0 radical (unpaired) electrons. The molecule has 0 amide bonds. The number of hydrogen-bond donors (Lipinski definition) is 1. The third-order valence-electron chi connectivity index (χ3n) is 6.21. The normalized spacial score (nSPS) is 11.0. The molecule has 0 aliphatic carbocycles. The van der Waals surface area contributed by atoms with Gasteiger partial charge in [-0.05, 0) is 46.9 Å². The molecule has 0 atom stereocenters. The van der Waals surface area contributed by atoms with Crippen LogP contribution in [0.5, 0.6) is 0 Å². The summed E-state index contributed by atoms with van der Waals surface area (Å²) in [7, 11) is 0. The highest BCUT2D eigenvalue weighted by Gasteiger charge is 2.18. The Labute approximate surface area is 208 Å². The third-order valence-corrected chi connectivity index (χ3v) is 6.21. The molecule has 3 aromatic carbocycles. The summed E-state index contributed by atoms with van der Waals surface area (Å²) in [5.41, 5.74) is 4.89. The van der Waals surface area contributed by atoms with Gasteiger partial charge in [-0.1, -0.05) is 80.1 Å². The molecule has 0 unspecified atom stereocenters. The van der Waals surface area contributed by atoms with Gasteiger partial charge in [0.1, 0.15) is 0 Å². The van der Waals surface area contributed by atoms with Gasteiger partial charge in [0.05, 0.1) is 6.54 Å². The number of nitrogens with zero attached hydrogens (tertiary/aromatic N) is 5. The molecule has 2 heterocycles. The molecule has 0 bridgehead atoms. The fraction of sp³-hybridized carbons (Fsp3) is 0.179. The first kappa shape index (κ1) is 23.2. The molecule has 0 saturated carbocycles. The minimum atomic E-state index is -0.318. The maximum Gasteiger partial charge on any atom is 0.335 e. The van der Waals surface area contributed by atoms with E-state index >= 15 is 0 Å². The zero-order valence-corrected chi connectivity index (χ0v) is 20.0. The number of aromatic amines is 1.